The second-order valence-electron chi connectivity index (χ2n) is 4.62. The SMILES string of the molecule is COCC[NH+]1CN=C(Nc2nc3ccccc3o2)NC1. The predicted octanol–water partition coefficient (Wildman–Crippen LogP) is -0.355. The van der Waals surface area contributed by atoms with E-state index < -0.39 is 0 Å². The Morgan fingerprint density at radius 1 is 1.45 bits per heavy atom. The van der Waals surface area contributed by atoms with E-state index in [4.69, 9.17) is 9.15 Å². The number of aromatic nitrogens is 1. The van der Waals surface area contributed by atoms with Gasteiger partial charge in [0.05, 0.1) is 6.61 Å². The van der Waals surface area contributed by atoms with E-state index in [-0.39, 0.29) is 0 Å². The van der Waals surface area contributed by atoms with Crippen molar-refractivity contribution in [1.29, 1.82) is 0 Å². The van der Waals surface area contributed by atoms with Crippen LogP contribution >= 0.6 is 0 Å². The molecule has 1 unspecified atom stereocenters. The number of nitrogens with zero attached hydrogens (tertiary/aromatic N) is 2. The molecule has 3 N–H and O–H groups in total. The fourth-order valence-corrected chi connectivity index (χ4v) is 2.04. The van der Waals surface area contributed by atoms with Gasteiger partial charge in [-0.05, 0) is 12.1 Å². The fraction of sp³-hybridized carbons (Fsp3) is 0.385. The van der Waals surface area contributed by atoms with Crippen LogP contribution in [-0.2, 0) is 4.74 Å². The molecule has 106 valence electrons. The van der Waals surface area contributed by atoms with E-state index >= 15 is 0 Å². The molecular formula is C13H18N5O2+. The van der Waals surface area contributed by atoms with Crippen LogP contribution < -0.4 is 15.5 Å². The number of hydrogen-bond acceptors (Lipinski definition) is 6. The van der Waals surface area contributed by atoms with Gasteiger partial charge >= 0.3 is 6.01 Å². The zero-order chi connectivity index (χ0) is 13.8. The third kappa shape index (κ3) is 2.89. The summed E-state index contributed by atoms with van der Waals surface area (Å²) in [5.74, 6) is 0.692. The lowest BCUT2D eigenvalue weighted by atomic mass is 10.3. The molecule has 0 aliphatic carbocycles. The van der Waals surface area contributed by atoms with Crippen molar-refractivity contribution in [2.24, 2.45) is 4.99 Å². The van der Waals surface area contributed by atoms with Crippen LogP contribution in [0.4, 0.5) is 6.01 Å². The minimum absolute atomic E-state index is 0.456. The molecule has 1 aromatic carbocycles. The van der Waals surface area contributed by atoms with E-state index in [1.165, 1.54) is 4.90 Å². The Bertz CT molecular complexity index is 577. The third-order valence-electron chi connectivity index (χ3n) is 3.15. The molecule has 20 heavy (non-hydrogen) atoms. The normalized spacial score (nSPS) is 18.6. The highest BCUT2D eigenvalue weighted by atomic mass is 16.5. The monoisotopic (exact) mass is 276 g/mol. The molecule has 3 rings (SSSR count). The van der Waals surface area contributed by atoms with E-state index in [1.54, 1.807) is 7.11 Å². The predicted molar refractivity (Wildman–Crippen MR) is 75.6 cm³/mol. The minimum Gasteiger partial charge on any atom is -0.423 e. The van der Waals surface area contributed by atoms with Gasteiger partial charge in [0.2, 0.25) is 5.96 Å². The van der Waals surface area contributed by atoms with Gasteiger partial charge in [-0.2, -0.15) is 9.98 Å². The molecule has 0 radical (unpaired) electrons. The van der Waals surface area contributed by atoms with Gasteiger partial charge in [0.25, 0.3) is 0 Å². The largest absolute Gasteiger partial charge is 0.423 e. The van der Waals surface area contributed by atoms with E-state index in [1.807, 2.05) is 24.3 Å². The van der Waals surface area contributed by atoms with Crippen LogP contribution in [0, 0.1) is 0 Å². The second kappa shape index (κ2) is 5.89. The zero-order valence-electron chi connectivity index (χ0n) is 11.3. The number of aliphatic imine (C=N–C) groups is 1. The summed E-state index contributed by atoms with van der Waals surface area (Å²) in [5, 5.41) is 6.28. The Hall–Kier alpha value is -2.12. The summed E-state index contributed by atoms with van der Waals surface area (Å²) in [6.07, 6.45) is 0. The first-order valence-electron chi connectivity index (χ1n) is 6.58. The van der Waals surface area contributed by atoms with Crippen molar-refractivity contribution in [1.82, 2.24) is 10.3 Å². The Balaban J connectivity index is 1.62. The second-order valence-corrected chi connectivity index (χ2v) is 4.62. The van der Waals surface area contributed by atoms with Crippen molar-refractivity contribution in [3.8, 4) is 0 Å². The summed E-state index contributed by atoms with van der Waals surface area (Å²) in [6, 6.07) is 8.11. The smallest absolute Gasteiger partial charge is 0.302 e. The first-order chi connectivity index (χ1) is 9.85. The standard InChI is InChI=1S/C13H17N5O2/c1-19-7-6-18-8-14-12(15-9-18)17-13-16-10-4-2-3-5-11(10)20-13/h2-5H,6-9H2,1H3,(H2,14,15,16,17)/p+1. The van der Waals surface area contributed by atoms with Crippen LogP contribution in [0.1, 0.15) is 0 Å². The topological polar surface area (TPSA) is 76.1 Å². The van der Waals surface area contributed by atoms with Gasteiger partial charge in [0, 0.05) is 7.11 Å². The lowest BCUT2D eigenvalue weighted by Gasteiger charge is -2.23. The number of benzene rings is 1. The van der Waals surface area contributed by atoms with Gasteiger partial charge in [0.15, 0.2) is 18.9 Å². The average Bonchev–Trinajstić information content (AvgIpc) is 2.89. The molecule has 0 saturated heterocycles. The van der Waals surface area contributed by atoms with Gasteiger partial charge in [-0.3, -0.25) is 10.2 Å². The number of nitrogens with one attached hydrogen (secondary N) is 3. The summed E-state index contributed by atoms with van der Waals surface area (Å²) in [5.41, 5.74) is 1.59. The summed E-state index contributed by atoms with van der Waals surface area (Å²) < 4.78 is 10.7. The van der Waals surface area contributed by atoms with Crippen LogP contribution in [-0.4, -0.2) is 44.5 Å². The van der Waals surface area contributed by atoms with Gasteiger partial charge in [-0.25, -0.2) is 0 Å². The highest BCUT2D eigenvalue weighted by Gasteiger charge is 2.16. The lowest BCUT2D eigenvalue weighted by Crippen LogP contribution is -3.15. The number of oxazole rings is 1. The van der Waals surface area contributed by atoms with E-state index in [0.717, 1.165) is 30.9 Å². The molecule has 7 heteroatoms. The molecule has 0 saturated carbocycles. The van der Waals surface area contributed by atoms with Crippen LogP contribution in [0.3, 0.4) is 0 Å². The number of hydrogen-bond donors (Lipinski definition) is 3. The molecule has 0 amide bonds. The molecule has 1 atom stereocenters. The zero-order valence-corrected chi connectivity index (χ0v) is 11.3. The highest BCUT2D eigenvalue weighted by Crippen LogP contribution is 2.17. The molecule has 2 aromatic rings. The Morgan fingerprint density at radius 3 is 3.10 bits per heavy atom. The van der Waals surface area contributed by atoms with Gasteiger partial charge in [-0.15, -0.1) is 0 Å². The van der Waals surface area contributed by atoms with Crippen LogP contribution in [0.5, 0.6) is 0 Å². The number of quaternary nitrogens is 1. The van der Waals surface area contributed by atoms with Crippen LogP contribution in [0.2, 0.25) is 0 Å². The first-order valence-corrected chi connectivity index (χ1v) is 6.58. The summed E-state index contributed by atoms with van der Waals surface area (Å²) in [7, 11) is 1.71. The number of anilines is 1. The molecule has 0 fully saturated rings. The van der Waals surface area contributed by atoms with Gasteiger partial charge in [0.1, 0.15) is 12.1 Å². The van der Waals surface area contributed by atoms with E-state index in [0.29, 0.717) is 18.6 Å². The average molecular weight is 276 g/mol. The number of rotatable bonds is 4. The molecule has 1 aliphatic heterocycles. The Labute approximate surface area is 116 Å². The summed E-state index contributed by atoms with van der Waals surface area (Å²) in [4.78, 5) is 10.1. The number of ether oxygens (including phenoxy) is 1. The Kier molecular flexibility index (Phi) is 3.80. The van der Waals surface area contributed by atoms with Crippen molar-refractivity contribution < 1.29 is 14.1 Å². The van der Waals surface area contributed by atoms with Crippen molar-refractivity contribution in [2.75, 3.05) is 38.9 Å². The van der Waals surface area contributed by atoms with Crippen LogP contribution in [0.15, 0.2) is 33.7 Å². The number of guanidine groups is 1. The molecule has 0 bridgehead atoms. The van der Waals surface area contributed by atoms with Gasteiger partial charge < -0.3 is 14.5 Å². The van der Waals surface area contributed by atoms with Crippen molar-refractivity contribution in [2.45, 2.75) is 0 Å². The first kappa shape index (κ1) is 12.9. The molecule has 1 aromatic heterocycles. The maximum atomic E-state index is 5.59. The van der Waals surface area contributed by atoms with Crippen molar-refractivity contribution >= 4 is 23.1 Å². The molecule has 0 spiro atoms. The molecular weight excluding hydrogens is 258 g/mol. The van der Waals surface area contributed by atoms with Gasteiger partial charge in [-0.1, -0.05) is 12.1 Å². The summed E-state index contributed by atoms with van der Waals surface area (Å²) >= 11 is 0. The molecule has 1 aliphatic rings. The maximum absolute atomic E-state index is 5.59. The minimum atomic E-state index is 0.456. The number of para-hydroxylation sites is 2. The van der Waals surface area contributed by atoms with E-state index in [2.05, 4.69) is 20.6 Å². The van der Waals surface area contributed by atoms with Crippen LogP contribution in [0.25, 0.3) is 11.1 Å². The van der Waals surface area contributed by atoms with Crippen molar-refractivity contribution in [3.05, 3.63) is 24.3 Å². The maximum Gasteiger partial charge on any atom is 0.302 e. The lowest BCUT2D eigenvalue weighted by molar-refractivity contribution is -0.903. The highest BCUT2D eigenvalue weighted by molar-refractivity contribution is 5.92. The van der Waals surface area contributed by atoms with Crippen molar-refractivity contribution in [3.63, 3.8) is 0 Å². The number of methoxy groups -OCH3 is 1. The fourth-order valence-electron chi connectivity index (χ4n) is 2.04. The quantitative estimate of drug-likeness (QED) is 0.711. The summed E-state index contributed by atoms with van der Waals surface area (Å²) in [6.45, 7) is 3.18. The third-order valence-corrected chi connectivity index (χ3v) is 3.15. The van der Waals surface area contributed by atoms with E-state index in [9.17, 15) is 0 Å². The number of fused-ring (bicyclic) bond motifs is 1. The molecule has 2 heterocycles. The Morgan fingerprint density at radius 2 is 2.35 bits per heavy atom. The molecule has 7 nitrogen and oxygen atoms in total.